The number of amides is 1. The quantitative estimate of drug-likeness (QED) is 0.520. The minimum atomic E-state index is -0.414. The van der Waals surface area contributed by atoms with Crippen LogP contribution in [0, 0.1) is 0 Å². The average Bonchev–Trinajstić information content (AvgIpc) is 3.22. The molecule has 0 atom stereocenters. The van der Waals surface area contributed by atoms with Gasteiger partial charge >= 0.3 is 0 Å². The lowest BCUT2D eigenvalue weighted by atomic mass is 10.0. The summed E-state index contributed by atoms with van der Waals surface area (Å²) in [4.78, 5) is 32.7. The molecule has 0 radical (unpaired) electrons. The van der Waals surface area contributed by atoms with E-state index in [1.165, 1.54) is 38.3 Å². The highest BCUT2D eigenvalue weighted by Crippen LogP contribution is 2.31. The van der Waals surface area contributed by atoms with Gasteiger partial charge in [-0.2, -0.15) is 0 Å². The summed E-state index contributed by atoms with van der Waals surface area (Å²) in [7, 11) is 0. The summed E-state index contributed by atoms with van der Waals surface area (Å²) in [5.74, 6) is -0.234. The second kappa shape index (κ2) is 9.56. The fourth-order valence-electron chi connectivity index (χ4n) is 4.37. The molecule has 2 N–H and O–H groups in total. The van der Waals surface area contributed by atoms with Gasteiger partial charge in [0.1, 0.15) is 12.4 Å². The second-order valence-electron chi connectivity index (χ2n) is 8.41. The Morgan fingerprint density at radius 3 is 2.50 bits per heavy atom. The van der Waals surface area contributed by atoms with E-state index >= 15 is 0 Å². The van der Waals surface area contributed by atoms with E-state index < -0.39 is 5.78 Å². The molecule has 2 aliphatic heterocycles. The predicted molar refractivity (Wildman–Crippen MR) is 118 cm³/mol. The maximum absolute atomic E-state index is 13.1. The van der Waals surface area contributed by atoms with Crippen molar-refractivity contribution in [3.8, 4) is 11.5 Å². The van der Waals surface area contributed by atoms with Crippen molar-refractivity contribution in [3.05, 3.63) is 52.6 Å². The van der Waals surface area contributed by atoms with Gasteiger partial charge in [0.05, 0.1) is 11.1 Å². The van der Waals surface area contributed by atoms with E-state index in [-0.39, 0.29) is 28.5 Å². The second-order valence-corrected chi connectivity index (χ2v) is 8.41. The summed E-state index contributed by atoms with van der Waals surface area (Å²) in [6, 6.07) is 8.35. The van der Waals surface area contributed by atoms with Crippen LogP contribution in [-0.4, -0.2) is 47.7 Å². The zero-order valence-electron chi connectivity index (χ0n) is 18.2. The topological polar surface area (TPSA) is 85.1 Å². The molecule has 8 heteroatoms. The van der Waals surface area contributed by atoms with Crippen molar-refractivity contribution in [1.29, 1.82) is 0 Å². The average molecular weight is 442 g/mol. The summed E-state index contributed by atoms with van der Waals surface area (Å²) in [6.07, 6.45) is 3.82. The van der Waals surface area contributed by atoms with Crippen molar-refractivity contribution in [1.82, 2.24) is 9.80 Å². The molecule has 4 rings (SSSR count). The standard InChI is InChI=1S/C24H28FN3O4/c1-16(29)20-12-21(22(26)13-23(20)32-25)24(30)28-14-17-5-6-19(11-18(17)15-28)31-10-9-27-7-3-2-4-8-27/h5-6,11-13H,2-4,7-10,14-15,26H2,1H3. The van der Waals surface area contributed by atoms with Crippen LogP contribution in [0.15, 0.2) is 30.3 Å². The normalized spacial score (nSPS) is 16.0. The number of likely N-dealkylation sites (tertiary alicyclic amines) is 1. The first-order valence-corrected chi connectivity index (χ1v) is 11.0. The molecule has 2 aromatic rings. The monoisotopic (exact) mass is 441 g/mol. The van der Waals surface area contributed by atoms with Crippen molar-refractivity contribution in [3.63, 3.8) is 0 Å². The number of rotatable bonds is 7. The smallest absolute Gasteiger partial charge is 0.256 e. The Morgan fingerprint density at radius 2 is 1.78 bits per heavy atom. The maximum atomic E-state index is 13.1. The number of ketones is 1. The number of hydrogen-bond donors (Lipinski definition) is 1. The van der Waals surface area contributed by atoms with Crippen LogP contribution < -0.4 is 15.4 Å². The minimum absolute atomic E-state index is 0.0221. The first-order chi connectivity index (χ1) is 15.5. The molecule has 0 spiro atoms. The minimum Gasteiger partial charge on any atom is -0.492 e. The van der Waals surface area contributed by atoms with Gasteiger partial charge in [-0.3, -0.25) is 19.4 Å². The Labute approximate surface area is 186 Å². The first-order valence-electron chi connectivity index (χ1n) is 11.0. The van der Waals surface area contributed by atoms with Gasteiger partial charge in [0, 0.05) is 35.9 Å². The summed E-state index contributed by atoms with van der Waals surface area (Å²) in [6.45, 7) is 5.94. The molecule has 1 fully saturated rings. The molecular formula is C24H28FN3O4. The molecule has 170 valence electrons. The van der Waals surface area contributed by atoms with E-state index in [1.54, 1.807) is 4.90 Å². The zero-order chi connectivity index (χ0) is 22.7. The van der Waals surface area contributed by atoms with Crippen LogP contribution in [0.3, 0.4) is 0 Å². The van der Waals surface area contributed by atoms with E-state index in [9.17, 15) is 14.1 Å². The molecule has 1 saturated heterocycles. The first kappa shape index (κ1) is 22.1. The fourth-order valence-corrected chi connectivity index (χ4v) is 4.37. The molecule has 32 heavy (non-hydrogen) atoms. The molecule has 7 nitrogen and oxygen atoms in total. The third kappa shape index (κ3) is 4.70. The van der Waals surface area contributed by atoms with E-state index in [2.05, 4.69) is 9.84 Å². The number of nitrogens with two attached hydrogens (primary N) is 1. The Bertz CT molecular complexity index is 1020. The highest BCUT2D eigenvalue weighted by molar-refractivity contribution is 6.04. The van der Waals surface area contributed by atoms with Gasteiger partial charge in [0.2, 0.25) is 0 Å². The van der Waals surface area contributed by atoms with Crippen molar-refractivity contribution >= 4 is 17.4 Å². The van der Waals surface area contributed by atoms with Crippen molar-refractivity contribution in [2.24, 2.45) is 0 Å². The molecule has 1 amide bonds. The van der Waals surface area contributed by atoms with Gasteiger partial charge < -0.3 is 15.4 Å². The molecule has 0 aliphatic carbocycles. The van der Waals surface area contributed by atoms with Crippen LogP contribution in [0.2, 0.25) is 0 Å². The lowest BCUT2D eigenvalue weighted by Gasteiger charge is -2.26. The van der Waals surface area contributed by atoms with Crippen LogP contribution in [0.4, 0.5) is 10.2 Å². The van der Waals surface area contributed by atoms with Crippen LogP contribution >= 0.6 is 0 Å². The predicted octanol–water partition coefficient (Wildman–Crippen LogP) is 3.76. The zero-order valence-corrected chi connectivity index (χ0v) is 18.2. The molecule has 0 unspecified atom stereocenters. The Kier molecular flexibility index (Phi) is 6.60. The number of benzene rings is 2. The largest absolute Gasteiger partial charge is 0.492 e. The maximum Gasteiger partial charge on any atom is 0.256 e. The molecular weight excluding hydrogens is 413 g/mol. The Balaban J connectivity index is 1.42. The summed E-state index contributed by atoms with van der Waals surface area (Å²) in [5.41, 5.74) is 8.20. The van der Waals surface area contributed by atoms with Crippen molar-refractivity contribution in [2.75, 3.05) is 32.0 Å². The number of piperidine rings is 1. The Hall–Kier alpha value is -3.13. The van der Waals surface area contributed by atoms with Gasteiger partial charge in [0.15, 0.2) is 11.5 Å². The molecule has 0 bridgehead atoms. The van der Waals surface area contributed by atoms with Gasteiger partial charge in [-0.05, 0) is 62.2 Å². The van der Waals surface area contributed by atoms with Crippen LogP contribution in [0.25, 0.3) is 0 Å². The summed E-state index contributed by atoms with van der Waals surface area (Å²) < 4.78 is 18.7. The highest BCUT2D eigenvalue weighted by Gasteiger charge is 2.27. The fraction of sp³-hybridized carbons (Fsp3) is 0.417. The third-order valence-electron chi connectivity index (χ3n) is 6.16. The number of fused-ring (bicyclic) bond motifs is 1. The van der Waals surface area contributed by atoms with E-state index in [0.717, 1.165) is 36.5 Å². The molecule has 2 aromatic carbocycles. The molecule has 0 aromatic heterocycles. The molecule has 0 saturated carbocycles. The van der Waals surface area contributed by atoms with Crippen LogP contribution in [0.5, 0.6) is 11.5 Å². The summed E-state index contributed by atoms with van der Waals surface area (Å²) >= 11 is 0. The van der Waals surface area contributed by atoms with E-state index in [4.69, 9.17) is 10.5 Å². The van der Waals surface area contributed by atoms with Gasteiger partial charge in [0.25, 0.3) is 5.91 Å². The van der Waals surface area contributed by atoms with E-state index in [1.807, 2.05) is 18.2 Å². The highest BCUT2D eigenvalue weighted by atomic mass is 19.3. The van der Waals surface area contributed by atoms with E-state index in [0.29, 0.717) is 19.7 Å². The number of hydrogen-bond acceptors (Lipinski definition) is 6. The number of carbonyl (C=O) groups excluding carboxylic acids is 2. The Morgan fingerprint density at radius 1 is 1.03 bits per heavy atom. The number of nitrogens with zero attached hydrogens (tertiary/aromatic N) is 2. The van der Waals surface area contributed by atoms with Gasteiger partial charge in [-0.15, -0.1) is 0 Å². The number of ether oxygens (including phenoxy) is 1. The van der Waals surface area contributed by atoms with Gasteiger partial charge in [-0.1, -0.05) is 12.5 Å². The van der Waals surface area contributed by atoms with Crippen molar-refractivity contribution in [2.45, 2.75) is 39.3 Å². The van der Waals surface area contributed by atoms with Gasteiger partial charge in [-0.25, -0.2) is 0 Å². The lowest BCUT2D eigenvalue weighted by molar-refractivity contribution is -0.00698. The number of carbonyl (C=O) groups is 2. The van der Waals surface area contributed by atoms with Crippen molar-refractivity contribution < 1.29 is 23.8 Å². The number of Topliss-reactive ketones (excluding diaryl/α,β-unsaturated/α-hetero) is 1. The molecule has 2 heterocycles. The van der Waals surface area contributed by atoms with Crippen LogP contribution in [0.1, 0.15) is 58.0 Å². The third-order valence-corrected chi connectivity index (χ3v) is 6.16. The van der Waals surface area contributed by atoms with Crippen LogP contribution in [-0.2, 0) is 13.1 Å². The molecule has 2 aliphatic rings. The lowest BCUT2D eigenvalue weighted by Crippen LogP contribution is -2.33. The summed E-state index contributed by atoms with van der Waals surface area (Å²) in [5, 5.41) is 0. The SMILES string of the molecule is CC(=O)c1cc(C(=O)N2Cc3ccc(OCCN4CCCCC4)cc3C2)c(N)cc1OF. The number of nitrogen functional groups attached to an aromatic ring is 1. The number of anilines is 1. The number of halogens is 1.